The van der Waals surface area contributed by atoms with Gasteiger partial charge in [0.1, 0.15) is 5.69 Å². The Labute approximate surface area is 153 Å². The molecule has 0 spiro atoms. The first-order chi connectivity index (χ1) is 12.7. The van der Waals surface area contributed by atoms with Crippen molar-refractivity contribution in [2.45, 2.75) is 19.4 Å². The molecule has 2 amide bonds. The second-order valence-corrected chi connectivity index (χ2v) is 6.40. The van der Waals surface area contributed by atoms with Crippen LogP contribution < -0.4 is 0 Å². The topological polar surface area (TPSA) is 65.6 Å². The molecule has 6 nitrogen and oxygen atoms in total. The van der Waals surface area contributed by atoms with Gasteiger partial charge in [0.15, 0.2) is 0 Å². The first-order valence-corrected chi connectivity index (χ1v) is 9.06. The predicted molar refractivity (Wildman–Crippen MR) is 98.6 cm³/mol. The van der Waals surface area contributed by atoms with Crippen molar-refractivity contribution in [1.29, 1.82) is 0 Å². The summed E-state index contributed by atoms with van der Waals surface area (Å²) in [4.78, 5) is 31.1. The third kappa shape index (κ3) is 4.95. The molecular formula is C20H25N3O3. The number of rotatable bonds is 7. The first kappa shape index (κ1) is 18.2. The molecule has 1 aliphatic heterocycles. The number of nitrogens with one attached hydrogen (secondary N) is 1. The highest BCUT2D eigenvalue weighted by Crippen LogP contribution is 2.09. The summed E-state index contributed by atoms with van der Waals surface area (Å²) in [5.74, 6) is 0.136. The van der Waals surface area contributed by atoms with Gasteiger partial charge in [0.05, 0.1) is 6.61 Å². The van der Waals surface area contributed by atoms with Crippen molar-refractivity contribution in [2.24, 2.45) is 0 Å². The molecule has 26 heavy (non-hydrogen) atoms. The number of carbonyl (C=O) groups is 2. The summed E-state index contributed by atoms with van der Waals surface area (Å²) in [7, 11) is 0. The highest BCUT2D eigenvalue weighted by atomic mass is 16.5. The second kappa shape index (κ2) is 9.20. The normalized spacial score (nSPS) is 14.5. The van der Waals surface area contributed by atoms with E-state index in [1.165, 1.54) is 0 Å². The zero-order chi connectivity index (χ0) is 18.2. The number of amides is 2. The summed E-state index contributed by atoms with van der Waals surface area (Å²) < 4.78 is 5.62. The minimum atomic E-state index is -0.00332. The number of H-pyrrole nitrogens is 1. The van der Waals surface area contributed by atoms with E-state index in [4.69, 9.17) is 4.74 Å². The fourth-order valence-corrected chi connectivity index (χ4v) is 3.04. The summed E-state index contributed by atoms with van der Waals surface area (Å²) in [6.45, 7) is 3.50. The molecule has 1 aromatic heterocycles. The third-order valence-electron chi connectivity index (χ3n) is 4.54. The first-order valence-electron chi connectivity index (χ1n) is 9.06. The Hall–Kier alpha value is -2.60. The van der Waals surface area contributed by atoms with Crippen LogP contribution in [0.3, 0.4) is 0 Å². The van der Waals surface area contributed by atoms with Crippen molar-refractivity contribution in [3.05, 3.63) is 59.9 Å². The number of piperazine rings is 1. The summed E-state index contributed by atoms with van der Waals surface area (Å²) >= 11 is 0. The van der Waals surface area contributed by atoms with E-state index in [-0.39, 0.29) is 11.8 Å². The van der Waals surface area contributed by atoms with E-state index < -0.39 is 0 Å². The van der Waals surface area contributed by atoms with Gasteiger partial charge in [-0.1, -0.05) is 30.3 Å². The standard InChI is InChI=1S/C20H25N3O3/c24-19(9-5-15-26-16-17-6-2-1-3-7-17)22-11-13-23(14-12-22)20(25)18-8-4-10-21-18/h1-4,6-8,10,21H,5,9,11-16H2. The Balaban J connectivity index is 1.32. The second-order valence-electron chi connectivity index (χ2n) is 6.40. The van der Waals surface area contributed by atoms with Gasteiger partial charge < -0.3 is 19.5 Å². The van der Waals surface area contributed by atoms with Crippen LogP contribution >= 0.6 is 0 Å². The smallest absolute Gasteiger partial charge is 0.270 e. The molecule has 1 N–H and O–H groups in total. The summed E-state index contributed by atoms with van der Waals surface area (Å²) in [6.07, 6.45) is 2.94. The average molecular weight is 355 g/mol. The molecule has 1 fully saturated rings. The molecule has 0 bridgehead atoms. The predicted octanol–water partition coefficient (Wildman–Crippen LogP) is 2.30. The highest BCUT2D eigenvalue weighted by Gasteiger charge is 2.24. The van der Waals surface area contributed by atoms with E-state index in [2.05, 4.69) is 4.98 Å². The van der Waals surface area contributed by atoms with Gasteiger partial charge in [-0.25, -0.2) is 0 Å². The van der Waals surface area contributed by atoms with Crippen molar-refractivity contribution in [2.75, 3.05) is 32.8 Å². The van der Waals surface area contributed by atoms with Crippen molar-refractivity contribution in [3.63, 3.8) is 0 Å². The quantitative estimate of drug-likeness (QED) is 0.775. The zero-order valence-corrected chi connectivity index (χ0v) is 14.9. The van der Waals surface area contributed by atoms with Crippen molar-refractivity contribution < 1.29 is 14.3 Å². The molecule has 1 aromatic carbocycles. The molecule has 0 atom stereocenters. The van der Waals surface area contributed by atoms with Crippen LogP contribution in [0.15, 0.2) is 48.7 Å². The van der Waals surface area contributed by atoms with Crippen LogP contribution in [0.5, 0.6) is 0 Å². The lowest BCUT2D eigenvalue weighted by atomic mass is 10.2. The molecule has 1 saturated heterocycles. The van der Waals surface area contributed by atoms with E-state index in [1.807, 2.05) is 41.3 Å². The molecule has 6 heteroatoms. The summed E-state index contributed by atoms with van der Waals surface area (Å²) in [5, 5.41) is 0. The monoisotopic (exact) mass is 355 g/mol. The van der Waals surface area contributed by atoms with Crippen LogP contribution in [0.1, 0.15) is 28.9 Å². The number of carbonyl (C=O) groups excluding carboxylic acids is 2. The van der Waals surface area contributed by atoms with Gasteiger partial charge in [-0.3, -0.25) is 9.59 Å². The minimum absolute atomic E-state index is 0.00332. The van der Waals surface area contributed by atoms with Gasteiger partial charge in [-0.15, -0.1) is 0 Å². The van der Waals surface area contributed by atoms with Gasteiger partial charge in [0.2, 0.25) is 5.91 Å². The summed E-state index contributed by atoms with van der Waals surface area (Å²) in [5.41, 5.74) is 1.74. The van der Waals surface area contributed by atoms with E-state index >= 15 is 0 Å². The Bertz CT molecular complexity index is 692. The number of hydrogen-bond donors (Lipinski definition) is 1. The van der Waals surface area contributed by atoms with Crippen molar-refractivity contribution in [1.82, 2.24) is 14.8 Å². The van der Waals surface area contributed by atoms with Gasteiger partial charge >= 0.3 is 0 Å². The van der Waals surface area contributed by atoms with Crippen LogP contribution in [0, 0.1) is 0 Å². The Morgan fingerprint density at radius 3 is 2.38 bits per heavy atom. The maximum atomic E-state index is 12.3. The average Bonchev–Trinajstić information content (AvgIpc) is 3.23. The number of ether oxygens (including phenoxy) is 1. The van der Waals surface area contributed by atoms with Crippen LogP contribution in [-0.2, 0) is 16.1 Å². The Kier molecular flexibility index (Phi) is 6.44. The van der Waals surface area contributed by atoms with Gasteiger partial charge in [-0.05, 0) is 24.1 Å². The highest BCUT2D eigenvalue weighted by molar-refractivity contribution is 5.92. The SMILES string of the molecule is O=C(CCCOCc1ccccc1)N1CCN(C(=O)c2ccc[nH]2)CC1. The zero-order valence-electron chi connectivity index (χ0n) is 14.9. The molecule has 2 aromatic rings. The van der Waals surface area contributed by atoms with Gasteiger partial charge in [-0.2, -0.15) is 0 Å². The maximum absolute atomic E-state index is 12.3. The van der Waals surface area contributed by atoms with E-state index in [9.17, 15) is 9.59 Å². The summed E-state index contributed by atoms with van der Waals surface area (Å²) in [6, 6.07) is 13.6. The maximum Gasteiger partial charge on any atom is 0.270 e. The van der Waals surface area contributed by atoms with Crippen LogP contribution in [-0.4, -0.2) is 59.4 Å². The Morgan fingerprint density at radius 2 is 1.69 bits per heavy atom. The third-order valence-corrected chi connectivity index (χ3v) is 4.54. The largest absolute Gasteiger partial charge is 0.377 e. The van der Waals surface area contributed by atoms with Crippen LogP contribution in [0.2, 0.25) is 0 Å². The van der Waals surface area contributed by atoms with Gasteiger partial charge in [0, 0.05) is 45.4 Å². The van der Waals surface area contributed by atoms with E-state index in [1.54, 1.807) is 17.2 Å². The fraction of sp³-hybridized carbons (Fsp3) is 0.400. The number of hydrogen-bond acceptors (Lipinski definition) is 3. The lowest BCUT2D eigenvalue weighted by Crippen LogP contribution is -2.50. The molecular weight excluding hydrogens is 330 g/mol. The van der Waals surface area contributed by atoms with E-state index in [0.29, 0.717) is 57.9 Å². The Morgan fingerprint density at radius 1 is 0.962 bits per heavy atom. The van der Waals surface area contributed by atoms with Crippen LogP contribution in [0.25, 0.3) is 0 Å². The molecule has 3 rings (SSSR count). The molecule has 2 heterocycles. The molecule has 0 unspecified atom stereocenters. The van der Waals surface area contributed by atoms with Gasteiger partial charge in [0.25, 0.3) is 5.91 Å². The van der Waals surface area contributed by atoms with E-state index in [0.717, 1.165) is 5.56 Å². The number of aromatic amines is 1. The molecule has 138 valence electrons. The molecule has 0 aliphatic carbocycles. The lowest BCUT2D eigenvalue weighted by molar-refractivity contribution is -0.133. The molecule has 0 saturated carbocycles. The number of nitrogens with zero attached hydrogens (tertiary/aromatic N) is 2. The number of aromatic nitrogens is 1. The number of benzene rings is 1. The fourth-order valence-electron chi connectivity index (χ4n) is 3.04. The minimum Gasteiger partial charge on any atom is -0.377 e. The molecule has 1 aliphatic rings. The lowest BCUT2D eigenvalue weighted by Gasteiger charge is -2.34. The van der Waals surface area contributed by atoms with Crippen LogP contribution in [0.4, 0.5) is 0 Å². The van der Waals surface area contributed by atoms with Crippen molar-refractivity contribution >= 4 is 11.8 Å². The van der Waals surface area contributed by atoms with Crippen molar-refractivity contribution in [3.8, 4) is 0 Å². The molecule has 0 radical (unpaired) electrons.